The highest BCUT2D eigenvalue weighted by molar-refractivity contribution is 5.78. The van der Waals surface area contributed by atoms with Gasteiger partial charge in [-0.05, 0) is 30.5 Å². The zero-order valence-electron chi connectivity index (χ0n) is 12.5. The molecule has 0 radical (unpaired) electrons. The van der Waals surface area contributed by atoms with Gasteiger partial charge in [-0.3, -0.25) is 9.69 Å². The smallest absolute Gasteiger partial charge is 0.234 e. The molecule has 21 heavy (non-hydrogen) atoms. The Balaban J connectivity index is 1.71. The molecule has 0 saturated carbocycles. The minimum atomic E-state index is -0.284. The van der Waals surface area contributed by atoms with Crippen molar-refractivity contribution in [1.29, 1.82) is 0 Å². The highest BCUT2D eigenvalue weighted by Gasteiger charge is 2.21. The van der Waals surface area contributed by atoms with Crippen LogP contribution in [-0.2, 0) is 11.3 Å². The first-order valence-corrected chi connectivity index (χ1v) is 7.56. The normalized spacial score (nSPS) is 18.7. The summed E-state index contributed by atoms with van der Waals surface area (Å²) < 4.78 is 5.52. The van der Waals surface area contributed by atoms with E-state index in [2.05, 4.69) is 12.2 Å². The van der Waals surface area contributed by atoms with E-state index in [0.29, 0.717) is 19.6 Å². The molecule has 116 valence electrons. The number of carbonyl (C=O) groups is 1. The SMILES string of the molecule is CCCOc1ccc(CNC(=O)CN2CC[C@@H](O)C2)cc1. The molecule has 5 nitrogen and oxygen atoms in total. The van der Waals surface area contributed by atoms with Crippen LogP contribution in [0.2, 0.25) is 0 Å². The van der Waals surface area contributed by atoms with Crippen LogP contribution in [0.1, 0.15) is 25.3 Å². The number of hydrogen-bond donors (Lipinski definition) is 2. The first-order valence-electron chi connectivity index (χ1n) is 7.56. The van der Waals surface area contributed by atoms with Crippen LogP contribution in [0.25, 0.3) is 0 Å². The van der Waals surface area contributed by atoms with E-state index in [-0.39, 0.29) is 12.0 Å². The van der Waals surface area contributed by atoms with Crippen LogP contribution in [0, 0.1) is 0 Å². The summed E-state index contributed by atoms with van der Waals surface area (Å²) in [6.07, 6.45) is 1.46. The highest BCUT2D eigenvalue weighted by atomic mass is 16.5. The van der Waals surface area contributed by atoms with Crippen LogP contribution in [0.5, 0.6) is 5.75 Å². The van der Waals surface area contributed by atoms with Crippen LogP contribution < -0.4 is 10.1 Å². The number of nitrogens with zero attached hydrogens (tertiary/aromatic N) is 1. The topological polar surface area (TPSA) is 61.8 Å². The van der Waals surface area contributed by atoms with E-state index >= 15 is 0 Å². The van der Waals surface area contributed by atoms with Gasteiger partial charge in [-0.25, -0.2) is 0 Å². The van der Waals surface area contributed by atoms with E-state index in [1.807, 2.05) is 29.2 Å². The molecule has 1 aliphatic heterocycles. The second-order valence-corrected chi connectivity index (χ2v) is 5.45. The fourth-order valence-corrected chi connectivity index (χ4v) is 2.34. The lowest BCUT2D eigenvalue weighted by molar-refractivity contribution is -0.122. The molecule has 0 aliphatic carbocycles. The van der Waals surface area contributed by atoms with Crippen LogP contribution in [0.3, 0.4) is 0 Å². The summed E-state index contributed by atoms with van der Waals surface area (Å²) in [4.78, 5) is 13.8. The van der Waals surface area contributed by atoms with Crippen LogP contribution in [-0.4, -0.2) is 48.3 Å². The Morgan fingerprint density at radius 1 is 1.43 bits per heavy atom. The molecule has 1 saturated heterocycles. The quantitative estimate of drug-likeness (QED) is 0.791. The average molecular weight is 292 g/mol. The molecule has 0 bridgehead atoms. The molecule has 2 N–H and O–H groups in total. The second kappa shape index (κ2) is 8.00. The third-order valence-electron chi connectivity index (χ3n) is 3.50. The number of aliphatic hydroxyl groups is 1. The van der Waals surface area contributed by atoms with Gasteiger partial charge in [0.1, 0.15) is 5.75 Å². The molecule has 0 aromatic heterocycles. The van der Waals surface area contributed by atoms with Gasteiger partial charge >= 0.3 is 0 Å². The molecule has 1 atom stereocenters. The monoisotopic (exact) mass is 292 g/mol. The standard InChI is InChI=1S/C16H24N2O3/c1-2-9-21-15-5-3-13(4-6-15)10-17-16(20)12-18-8-7-14(19)11-18/h3-6,14,19H,2,7-12H2,1H3,(H,17,20)/t14-/m1/s1. The van der Waals surface area contributed by atoms with Gasteiger partial charge in [0.2, 0.25) is 5.91 Å². The van der Waals surface area contributed by atoms with Crippen molar-refractivity contribution in [3.8, 4) is 5.75 Å². The summed E-state index contributed by atoms with van der Waals surface area (Å²) in [6.45, 7) is 5.05. The van der Waals surface area contributed by atoms with Crippen LogP contribution >= 0.6 is 0 Å². The number of β-amino-alcohol motifs (C(OH)–C–C–N with tert-alkyl or cyclic N) is 1. The maximum Gasteiger partial charge on any atom is 0.234 e. The van der Waals surface area contributed by atoms with E-state index < -0.39 is 0 Å². The molecule has 1 aromatic rings. The summed E-state index contributed by atoms with van der Waals surface area (Å²) >= 11 is 0. The van der Waals surface area contributed by atoms with Crippen molar-refractivity contribution in [2.45, 2.75) is 32.4 Å². The Bertz CT molecular complexity index is 447. The predicted octanol–water partition coefficient (Wildman–Crippen LogP) is 1.16. The third-order valence-corrected chi connectivity index (χ3v) is 3.50. The Kier molecular flexibility index (Phi) is 6.02. The lowest BCUT2D eigenvalue weighted by atomic mass is 10.2. The number of nitrogens with one attached hydrogen (secondary N) is 1. The van der Waals surface area contributed by atoms with Crippen molar-refractivity contribution in [1.82, 2.24) is 10.2 Å². The average Bonchev–Trinajstić information content (AvgIpc) is 2.89. The van der Waals surface area contributed by atoms with Crippen molar-refractivity contribution < 1.29 is 14.6 Å². The van der Waals surface area contributed by atoms with Gasteiger partial charge in [0, 0.05) is 19.6 Å². The van der Waals surface area contributed by atoms with Gasteiger partial charge in [-0.15, -0.1) is 0 Å². The Morgan fingerprint density at radius 2 is 2.19 bits per heavy atom. The molecule has 1 fully saturated rings. The Labute approximate surface area is 125 Å². The van der Waals surface area contributed by atoms with Gasteiger partial charge in [0.25, 0.3) is 0 Å². The maximum absolute atomic E-state index is 11.8. The molecule has 5 heteroatoms. The zero-order chi connectivity index (χ0) is 15.1. The molecule has 1 aromatic carbocycles. The molecule has 1 aliphatic rings. The fourth-order valence-electron chi connectivity index (χ4n) is 2.34. The predicted molar refractivity (Wildman–Crippen MR) is 81.1 cm³/mol. The summed E-state index contributed by atoms with van der Waals surface area (Å²) in [5.74, 6) is 0.855. The molecule has 1 heterocycles. The van der Waals surface area contributed by atoms with E-state index in [4.69, 9.17) is 4.74 Å². The summed E-state index contributed by atoms with van der Waals surface area (Å²) in [6, 6.07) is 7.78. The maximum atomic E-state index is 11.8. The summed E-state index contributed by atoms with van der Waals surface area (Å²) in [5, 5.41) is 12.3. The third kappa shape index (κ3) is 5.36. The molecule has 0 spiro atoms. The first kappa shape index (κ1) is 15.8. The van der Waals surface area contributed by atoms with Crippen LogP contribution in [0.4, 0.5) is 0 Å². The lowest BCUT2D eigenvalue weighted by Crippen LogP contribution is -2.36. The second-order valence-electron chi connectivity index (χ2n) is 5.45. The van der Waals surface area contributed by atoms with Gasteiger partial charge < -0.3 is 15.2 Å². The number of aliphatic hydroxyl groups excluding tert-OH is 1. The Morgan fingerprint density at radius 3 is 2.81 bits per heavy atom. The van der Waals surface area contributed by atoms with E-state index in [1.54, 1.807) is 0 Å². The van der Waals surface area contributed by atoms with Crippen molar-refractivity contribution >= 4 is 5.91 Å². The number of carbonyl (C=O) groups excluding carboxylic acids is 1. The van der Waals surface area contributed by atoms with Crippen molar-refractivity contribution in [2.75, 3.05) is 26.2 Å². The summed E-state index contributed by atoms with van der Waals surface area (Å²) in [7, 11) is 0. The summed E-state index contributed by atoms with van der Waals surface area (Å²) in [5.41, 5.74) is 1.05. The highest BCUT2D eigenvalue weighted by Crippen LogP contribution is 2.12. The largest absolute Gasteiger partial charge is 0.494 e. The van der Waals surface area contributed by atoms with Crippen molar-refractivity contribution in [3.63, 3.8) is 0 Å². The number of likely N-dealkylation sites (tertiary alicyclic amines) is 1. The van der Waals surface area contributed by atoms with Gasteiger partial charge in [-0.2, -0.15) is 0 Å². The number of rotatable bonds is 7. The molecular weight excluding hydrogens is 268 g/mol. The molecule has 1 amide bonds. The van der Waals surface area contributed by atoms with Crippen molar-refractivity contribution in [2.24, 2.45) is 0 Å². The fraction of sp³-hybridized carbons (Fsp3) is 0.562. The van der Waals surface area contributed by atoms with Crippen LogP contribution in [0.15, 0.2) is 24.3 Å². The van der Waals surface area contributed by atoms with E-state index in [1.165, 1.54) is 0 Å². The molecule has 2 rings (SSSR count). The van der Waals surface area contributed by atoms with Gasteiger partial charge in [0.15, 0.2) is 0 Å². The lowest BCUT2D eigenvalue weighted by Gasteiger charge is -2.14. The van der Waals surface area contributed by atoms with Crippen molar-refractivity contribution in [3.05, 3.63) is 29.8 Å². The first-order chi connectivity index (χ1) is 10.2. The minimum absolute atomic E-state index is 0.00425. The number of amides is 1. The minimum Gasteiger partial charge on any atom is -0.494 e. The zero-order valence-corrected chi connectivity index (χ0v) is 12.5. The number of ether oxygens (including phenoxy) is 1. The molecule has 0 unspecified atom stereocenters. The Hall–Kier alpha value is -1.59. The number of hydrogen-bond acceptors (Lipinski definition) is 4. The van der Waals surface area contributed by atoms with Gasteiger partial charge in [0.05, 0.1) is 19.3 Å². The number of benzene rings is 1. The molecular formula is C16H24N2O3. The van der Waals surface area contributed by atoms with E-state index in [9.17, 15) is 9.90 Å². The van der Waals surface area contributed by atoms with E-state index in [0.717, 1.165) is 37.3 Å². The van der Waals surface area contributed by atoms with Gasteiger partial charge in [-0.1, -0.05) is 19.1 Å².